The van der Waals surface area contributed by atoms with Gasteiger partial charge in [-0.05, 0) is 29.8 Å². The van der Waals surface area contributed by atoms with Crippen LogP contribution in [0.1, 0.15) is 5.56 Å². The number of sulfonamides is 1. The third-order valence-electron chi connectivity index (χ3n) is 3.68. The molecule has 8 nitrogen and oxygen atoms in total. The predicted octanol–water partition coefficient (Wildman–Crippen LogP) is 2.24. The number of rotatable bonds is 8. The second-order valence-corrected chi connectivity index (χ2v) is 8.56. The number of hydrogen-bond acceptors (Lipinski definition) is 6. The van der Waals surface area contributed by atoms with Crippen LogP contribution in [0.4, 0.5) is 0 Å². The summed E-state index contributed by atoms with van der Waals surface area (Å²) in [4.78, 5) is 12.0. The summed E-state index contributed by atoms with van der Waals surface area (Å²) in [7, 11) is 0.109. The van der Waals surface area contributed by atoms with Gasteiger partial charge < -0.3 is 9.47 Å². The molecule has 2 aromatic carbocycles. The first kappa shape index (κ1) is 21.9. The first-order chi connectivity index (χ1) is 13.3. The highest BCUT2D eigenvalue weighted by Crippen LogP contribution is 2.30. The molecule has 1 N–H and O–H groups in total. The van der Waals surface area contributed by atoms with Gasteiger partial charge in [0.1, 0.15) is 16.4 Å². The van der Waals surface area contributed by atoms with Crippen LogP contribution in [0.5, 0.6) is 11.5 Å². The Kier molecular flexibility index (Phi) is 7.55. The molecular weight excluding hydrogens is 450 g/mol. The molecule has 0 saturated heterocycles. The fourth-order valence-corrected chi connectivity index (χ4v) is 3.95. The van der Waals surface area contributed by atoms with Crippen LogP contribution in [0.15, 0.2) is 56.9 Å². The van der Waals surface area contributed by atoms with Gasteiger partial charge in [-0.2, -0.15) is 9.41 Å². The molecule has 28 heavy (non-hydrogen) atoms. The van der Waals surface area contributed by atoms with E-state index >= 15 is 0 Å². The maximum atomic E-state index is 12.8. The summed E-state index contributed by atoms with van der Waals surface area (Å²) in [5.74, 6) is -0.0734. The monoisotopic (exact) mass is 469 g/mol. The van der Waals surface area contributed by atoms with Gasteiger partial charge in [-0.15, -0.1) is 0 Å². The van der Waals surface area contributed by atoms with E-state index in [1.165, 1.54) is 39.6 Å². The minimum Gasteiger partial charge on any atom is -0.497 e. The van der Waals surface area contributed by atoms with Crippen molar-refractivity contribution in [3.63, 3.8) is 0 Å². The van der Waals surface area contributed by atoms with Gasteiger partial charge in [0.25, 0.3) is 5.91 Å². The standard InChI is InChI=1S/C18H20BrN3O5S/c1-22(12-18(23)21-20-11-13-5-4-6-14(19)9-13)28(24,25)17-10-15(26-2)7-8-16(17)27-3/h4-11H,12H2,1-3H3,(H,21,23)/b20-11-. The van der Waals surface area contributed by atoms with Crippen molar-refractivity contribution in [3.05, 3.63) is 52.5 Å². The fourth-order valence-electron chi connectivity index (χ4n) is 2.24. The van der Waals surface area contributed by atoms with E-state index in [4.69, 9.17) is 9.47 Å². The Labute approximate surface area is 172 Å². The topological polar surface area (TPSA) is 97.3 Å². The van der Waals surface area contributed by atoms with Crippen LogP contribution in [0, 0.1) is 0 Å². The molecule has 0 aliphatic rings. The Morgan fingerprint density at radius 2 is 1.96 bits per heavy atom. The summed E-state index contributed by atoms with van der Waals surface area (Å²) < 4.78 is 37.6. The van der Waals surface area contributed by atoms with Gasteiger partial charge >= 0.3 is 0 Å². The van der Waals surface area contributed by atoms with Crippen molar-refractivity contribution in [2.24, 2.45) is 5.10 Å². The fraction of sp³-hybridized carbons (Fsp3) is 0.222. The molecule has 0 aliphatic heterocycles. The van der Waals surface area contributed by atoms with Gasteiger partial charge in [0.2, 0.25) is 10.0 Å². The lowest BCUT2D eigenvalue weighted by Crippen LogP contribution is -2.36. The molecule has 0 atom stereocenters. The number of nitrogens with one attached hydrogen (secondary N) is 1. The number of amides is 1. The number of carbonyl (C=O) groups is 1. The molecule has 2 aromatic rings. The lowest BCUT2D eigenvalue weighted by Gasteiger charge is -2.18. The first-order valence-electron chi connectivity index (χ1n) is 8.03. The molecule has 0 unspecified atom stereocenters. The minimum atomic E-state index is -3.98. The first-order valence-corrected chi connectivity index (χ1v) is 10.3. The lowest BCUT2D eigenvalue weighted by molar-refractivity contribution is -0.121. The third-order valence-corrected chi connectivity index (χ3v) is 5.99. The smallest absolute Gasteiger partial charge is 0.255 e. The number of likely N-dealkylation sites (N-methyl/N-ethyl adjacent to an activating group) is 1. The third kappa shape index (κ3) is 5.54. The van der Waals surface area contributed by atoms with Crippen LogP contribution in [-0.2, 0) is 14.8 Å². The molecule has 0 spiro atoms. The highest BCUT2D eigenvalue weighted by Gasteiger charge is 2.27. The lowest BCUT2D eigenvalue weighted by atomic mass is 10.2. The molecule has 1 amide bonds. The number of ether oxygens (including phenoxy) is 2. The van der Waals surface area contributed by atoms with Crippen molar-refractivity contribution in [2.45, 2.75) is 4.90 Å². The summed E-state index contributed by atoms with van der Waals surface area (Å²) in [5.41, 5.74) is 3.08. The van der Waals surface area contributed by atoms with E-state index < -0.39 is 22.5 Å². The molecule has 0 fully saturated rings. The van der Waals surface area contributed by atoms with E-state index in [9.17, 15) is 13.2 Å². The molecule has 10 heteroatoms. The van der Waals surface area contributed by atoms with Crippen LogP contribution in [-0.4, -0.2) is 52.7 Å². The number of halogens is 1. The number of carbonyl (C=O) groups excluding carboxylic acids is 1. The zero-order valence-electron chi connectivity index (χ0n) is 15.5. The van der Waals surface area contributed by atoms with Crippen LogP contribution in [0.3, 0.4) is 0 Å². The molecular formula is C18H20BrN3O5S. The van der Waals surface area contributed by atoms with Crippen molar-refractivity contribution in [1.82, 2.24) is 9.73 Å². The Morgan fingerprint density at radius 1 is 1.21 bits per heavy atom. The van der Waals surface area contributed by atoms with Crippen LogP contribution in [0.2, 0.25) is 0 Å². The number of methoxy groups -OCH3 is 2. The van der Waals surface area contributed by atoms with E-state index in [2.05, 4.69) is 26.5 Å². The highest BCUT2D eigenvalue weighted by atomic mass is 79.9. The zero-order valence-corrected chi connectivity index (χ0v) is 18.0. The zero-order chi connectivity index (χ0) is 20.7. The van der Waals surface area contributed by atoms with Gasteiger partial charge in [-0.3, -0.25) is 4.79 Å². The second kappa shape index (κ2) is 9.67. The summed E-state index contributed by atoms with van der Waals surface area (Å²) in [6.45, 7) is -0.418. The molecule has 0 bridgehead atoms. The Balaban J connectivity index is 2.08. The van der Waals surface area contributed by atoms with E-state index in [0.29, 0.717) is 5.75 Å². The van der Waals surface area contributed by atoms with E-state index in [1.807, 2.05) is 24.3 Å². The Hall–Kier alpha value is -2.43. The number of hydrazone groups is 1. The van der Waals surface area contributed by atoms with Crippen molar-refractivity contribution < 1.29 is 22.7 Å². The van der Waals surface area contributed by atoms with E-state index in [0.717, 1.165) is 14.3 Å². The average Bonchev–Trinajstić information content (AvgIpc) is 2.67. The molecule has 150 valence electrons. The summed E-state index contributed by atoms with van der Waals surface area (Å²) in [6.07, 6.45) is 1.46. The average molecular weight is 470 g/mol. The van der Waals surface area contributed by atoms with Gasteiger partial charge in [0, 0.05) is 17.6 Å². The quantitative estimate of drug-likeness (QED) is 0.472. The number of nitrogens with zero attached hydrogens (tertiary/aromatic N) is 2. The van der Waals surface area contributed by atoms with Crippen LogP contribution >= 0.6 is 15.9 Å². The highest BCUT2D eigenvalue weighted by molar-refractivity contribution is 9.10. The maximum absolute atomic E-state index is 12.8. The van der Waals surface area contributed by atoms with Crippen molar-refractivity contribution in [2.75, 3.05) is 27.8 Å². The second-order valence-electron chi connectivity index (χ2n) is 5.63. The summed E-state index contributed by atoms with van der Waals surface area (Å²) >= 11 is 3.34. The summed E-state index contributed by atoms with van der Waals surface area (Å²) in [6, 6.07) is 11.7. The van der Waals surface area contributed by atoms with Crippen LogP contribution in [0.25, 0.3) is 0 Å². The largest absolute Gasteiger partial charge is 0.497 e. The van der Waals surface area contributed by atoms with Crippen molar-refractivity contribution in [3.8, 4) is 11.5 Å². The van der Waals surface area contributed by atoms with Crippen molar-refractivity contribution in [1.29, 1.82) is 0 Å². The summed E-state index contributed by atoms with van der Waals surface area (Å²) in [5, 5.41) is 3.84. The predicted molar refractivity (Wildman–Crippen MR) is 109 cm³/mol. The van der Waals surface area contributed by atoms with E-state index in [1.54, 1.807) is 6.07 Å². The number of benzene rings is 2. The van der Waals surface area contributed by atoms with Gasteiger partial charge in [-0.1, -0.05) is 28.1 Å². The SMILES string of the molecule is COc1ccc(OC)c(S(=O)(=O)N(C)CC(=O)N/N=C\c2cccc(Br)c2)c1. The molecule has 0 radical (unpaired) electrons. The molecule has 0 heterocycles. The molecule has 0 saturated carbocycles. The molecule has 0 aromatic heterocycles. The minimum absolute atomic E-state index is 0.0951. The van der Waals surface area contributed by atoms with Gasteiger partial charge in [0.05, 0.1) is 27.0 Å². The molecule has 0 aliphatic carbocycles. The van der Waals surface area contributed by atoms with Gasteiger partial charge in [-0.25, -0.2) is 13.8 Å². The Bertz CT molecular complexity index is 979. The van der Waals surface area contributed by atoms with Crippen LogP contribution < -0.4 is 14.9 Å². The molecule has 2 rings (SSSR count). The normalized spacial score (nSPS) is 11.6. The number of hydrogen-bond donors (Lipinski definition) is 1. The van der Waals surface area contributed by atoms with Crippen molar-refractivity contribution >= 4 is 38.1 Å². The van der Waals surface area contributed by atoms with E-state index in [-0.39, 0.29) is 10.6 Å². The van der Waals surface area contributed by atoms with Gasteiger partial charge in [0.15, 0.2) is 0 Å². The maximum Gasteiger partial charge on any atom is 0.255 e. The Morgan fingerprint density at radius 3 is 2.61 bits per heavy atom.